The number of aromatic nitrogens is 2. The fourth-order valence-electron chi connectivity index (χ4n) is 3.82. The zero-order valence-electron chi connectivity index (χ0n) is 20.1. The molecule has 0 atom stereocenters. The number of para-hydroxylation sites is 1. The summed E-state index contributed by atoms with van der Waals surface area (Å²) < 4.78 is 18.8. The summed E-state index contributed by atoms with van der Waals surface area (Å²) in [6.45, 7) is 4.80. The lowest BCUT2D eigenvalue weighted by Crippen LogP contribution is -2.24. The monoisotopic (exact) mass is 482 g/mol. The topological polar surface area (TPSA) is 87.0 Å². The molecule has 1 N–H and O–H groups in total. The van der Waals surface area contributed by atoms with Gasteiger partial charge in [-0.15, -0.1) is 0 Å². The molecule has 0 saturated carbocycles. The molecular weight excluding hydrogens is 456 g/mol. The predicted octanol–water partition coefficient (Wildman–Crippen LogP) is 4.46. The molecule has 8 heteroatoms. The van der Waals surface area contributed by atoms with E-state index in [2.05, 4.69) is 10.5 Å². The third kappa shape index (κ3) is 5.22. The van der Waals surface area contributed by atoms with Crippen molar-refractivity contribution in [1.82, 2.24) is 15.2 Å². The Kier molecular flexibility index (Phi) is 6.66. The molecule has 0 bridgehead atoms. The molecule has 0 radical (unpaired) electrons. The number of benzene rings is 3. The number of carbonyl (C=O) groups is 1. The van der Waals surface area contributed by atoms with Crippen molar-refractivity contribution in [1.29, 1.82) is 0 Å². The van der Waals surface area contributed by atoms with Crippen molar-refractivity contribution >= 4 is 12.1 Å². The number of hydrogen-bond donors (Lipinski definition) is 1. The molecule has 0 fully saturated rings. The van der Waals surface area contributed by atoms with E-state index in [9.17, 15) is 4.79 Å². The van der Waals surface area contributed by atoms with Crippen LogP contribution in [0.15, 0.2) is 78.0 Å². The maximum Gasteiger partial charge on any atom is 0.277 e. The highest BCUT2D eigenvalue weighted by Gasteiger charge is 2.17. The van der Waals surface area contributed by atoms with E-state index in [4.69, 9.17) is 19.3 Å². The van der Waals surface area contributed by atoms with Crippen molar-refractivity contribution < 1.29 is 19.0 Å². The number of carbonyl (C=O) groups excluding carboxylic acids is 1. The summed E-state index contributed by atoms with van der Waals surface area (Å²) in [7, 11) is 0. The van der Waals surface area contributed by atoms with Crippen molar-refractivity contribution in [3.05, 3.63) is 89.6 Å². The molecule has 0 spiro atoms. The van der Waals surface area contributed by atoms with E-state index < -0.39 is 0 Å². The standard InChI is InChI=1S/C28H26N4O4/c1-19-8-9-20(2)25(14-19)36-18-27(33)30-29-16-22-17-32(23-6-4-3-5-7-23)31-28(22)21-10-11-24-26(15-21)35-13-12-34-24/h3-11,14-17H,12-13,18H2,1-2H3,(H,30,33). The number of aryl methyl sites for hydroxylation is 2. The molecule has 1 amide bonds. The zero-order chi connectivity index (χ0) is 24.9. The molecule has 36 heavy (non-hydrogen) atoms. The van der Waals surface area contributed by atoms with E-state index in [-0.39, 0.29) is 12.5 Å². The maximum absolute atomic E-state index is 12.3. The van der Waals surface area contributed by atoms with Crippen LogP contribution < -0.4 is 19.6 Å². The second-order valence-electron chi connectivity index (χ2n) is 8.42. The van der Waals surface area contributed by atoms with Crippen molar-refractivity contribution in [2.75, 3.05) is 19.8 Å². The molecule has 0 unspecified atom stereocenters. The van der Waals surface area contributed by atoms with E-state index in [0.717, 1.165) is 27.9 Å². The van der Waals surface area contributed by atoms with E-state index >= 15 is 0 Å². The number of hydrazone groups is 1. The van der Waals surface area contributed by atoms with Gasteiger partial charge in [0, 0.05) is 17.3 Å². The molecule has 3 aromatic carbocycles. The van der Waals surface area contributed by atoms with Gasteiger partial charge in [0.2, 0.25) is 0 Å². The number of ether oxygens (including phenoxy) is 3. The van der Waals surface area contributed by atoms with Crippen LogP contribution in [-0.2, 0) is 4.79 Å². The molecule has 0 saturated heterocycles. The van der Waals surface area contributed by atoms with Gasteiger partial charge in [0.1, 0.15) is 24.7 Å². The number of amides is 1. The van der Waals surface area contributed by atoms with Crippen LogP contribution in [0.1, 0.15) is 16.7 Å². The van der Waals surface area contributed by atoms with Gasteiger partial charge in [-0.25, -0.2) is 10.1 Å². The first-order chi connectivity index (χ1) is 17.6. The van der Waals surface area contributed by atoms with Crippen LogP contribution in [0.2, 0.25) is 0 Å². The van der Waals surface area contributed by atoms with Crippen molar-refractivity contribution in [2.24, 2.45) is 5.10 Å². The summed E-state index contributed by atoms with van der Waals surface area (Å²) in [5, 5.41) is 8.94. The van der Waals surface area contributed by atoms with Crippen LogP contribution in [0.5, 0.6) is 17.2 Å². The Hall–Kier alpha value is -4.59. The van der Waals surface area contributed by atoms with Gasteiger partial charge >= 0.3 is 0 Å². The van der Waals surface area contributed by atoms with Crippen molar-refractivity contribution in [3.63, 3.8) is 0 Å². The molecule has 182 valence electrons. The molecule has 0 aliphatic carbocycles. The summed E-state index contributed by atoms with van der Waals surface area (Å²) in [4.78, 5) is 12.3. The molecule has 1 aliphatic heterocycles. The fraction of sp³-hybridized carbons (Fsp3) is 0.179. The summed E-state index contributed by atoms with van der Waals surface area (Å²) >= 11 is 0. The highest BCUT2D eigenvalue weighted by atomic mass is 16.6. The summed E-state index contributed by atoms with van der Waals surface area (Å²) in [6, 6.07) is 21.4. The number of nitrogens with zero attached hydrogens (tertiary/aromatic N) is 3. The Labute approximate surface area is 209 Å². The lowest BCUT2D eigenvalue weighted by molar-refractivity contribution is -0.123. The second-order valence-corrected chi connectivity index (χ2v) is 8.42. The average molecular weight is 483 g/mol. The molecule has 1 aliphatic rings. The quantitative estimate of drug-likeness (QED) is 0.311. The first-order valence-corrected chi connectivity index (χ1v) is 11.6. The van der Waals surface area contributed by atoms with Gasteiger partial charge in [-0.3, -0.25) is 4.79 Å². The molecule has 1 aromatic heterocycles. The Balaban J connectivity index is 1.35. The highest BCUT2D eigenvalue weighted by molar-refractivity contribution is 5.90. The smallest absolute Gasteiger partial charge is 0.277 e. The van der Waals surface area contributed by atoms with Gasteiger partial charge < -0.3 is 14.2 Å². The highest BCUT2D eigenvalue weighted by Crippen LogP contribution is 2.35. The van der Waals surface area contributed by atoms with Gasteiger partial charge in [-0.2, -0.15) is 10.2 Å². The van der Waals surface area contributed by atoms with Crippen LogP contribution in [-0.4, -0.2) is 41.7 Å². The first kappa shape index (κ1) is 23.2. The minimum Gasteiger partial charge on any atom is -0.486 e. The Morgan fingerprint density at radius 2 is 1.86 bits per heavy atom. The average Bonchev–Trinajstić information content (AvgIpc) is 3.33. The van der Waals surface area contributed by atoms with E-state index in [1.54, 1.807) is 10.9 Å². The fourth-order valence-corrected chi connectivity index (χ4v) is 3.82. The molecule has 4 aromatic rings. The zero-order valence-corrected chi connectivity index (χ0v) is 20.1. The van der Waals surface area contributed by atoms with Crippen LogP contribution in [0, 0.1) is 13.8 Å². The van der Waals surface area contributed by atoms with Crippen molar-refractivity contribution in [2.45, 2.75) is 13.8 Å². The van der Waals surface area contributed by atoms with Gasteiger partial charge in [-0.05, 0) is 61.4 Å². The minimum absolute atomic E-state index is 0.139. The van der Waals surface area contributed by atoms with E-state index in [1.165, 1.54) is 0 Å². The largest absolute Gasteiger partial charge is 0.486 e. The lowest BCUT2D eigenvalue weighted by Gasteiger charge is -2.18. The number of rotatable bonds is 7. The first-order valence-electron chi connectivity index (χ1n) is 11.6. The summed E-state index contributed by atoms with van der Waals surface area (Å²) in [6.07, 6.45) is 3.44. The van der Waals surface area contributed by atoms with Crippen LogP contribution in [0.3, 0.4) is 0 Å². The number of hydrogen-bond acceptors (Lipinski definition) is 6. The number of fused-ring (bicyclic) bond motifs is 1. The molecule has 5 rings (SSSR count). The van der Waals surface area contributed by atoms with Gasteiger partial charge in [-0.1, -0.05) is 30.3 Å². The normalized spacial score (nSPS) is 12.5. The van der Waals surface area contributed by atoms with Crippen LogP contribution in [0.25, 0.3) is 16.9 Å². The maximum atomic E-state index is 12.3. The third-order valence-electron chi connectivity index (χ3n) is 5.67. The van der Waals surface area contributed by atoms with Gasteiger partial charge in [0.25, 0.3) is 5.91 Å². The van der Waals surface area contributed by atoms with E-state index in [0.29, 0.717) is 36.2 Å². The summed E-state index contributed by atoms with van der Waals surface area (Å²) in [5.74, 6) is 1.70. The van der Waals surface area contributed by atoms with E-state index in [1.807, 2.05) is 86.8 Å². The third-order valence-corrected chi connectivity index (χ3v) is 5.67. The predicted molar refractivity (Wildman–Crippen MR) is 137 cm³/mol. The second kappa shape index (κ2) is 10.4. The number of nitrogens with one attached hydrogen (secondary N) is 1. The Morgan fingerprint density at radius 3 is 2.69 bits per heavy atom. The Morgan fingerprint density at radius 1 is 1.06 bits per heavy atom. The van der Waals surface area contributed by atoms with Crippen LogP contribution >= 0.6 is 0 Å². The van der Waals surface area contributed by atoms with Gasteiger partial charge in [0.05, 0.1) is 11.9 Å². The summed E-state index contributed by atoms with van der Waals surface area (Å²) in [5.41, 5.74) is 7.74. The Bertz CT molecular complexity index is 1410. The SMILES string of the molecule is Cc1ccc(C)c(OCC(=O)NN=Cc2cn(-c3ccccc3)nc2-c2ccc3c(c2)OCCO3)c1. The minimum atomic E-state index is -0.358. The molecular formula is C28H26N4O4. The van der Waals surface area contributed by atoms with Gasteiger partial charge in [0.15, 0.2) is 18.1 Å². The molecule has 2 heterocycles. The lowest BCUT2D eigenvalue weighted by atomic mass is 10.1. The van der Waals surface area contributed by atoms with Crippen molar-refractivity contribution in [3.8, 4) is 34.2 Å². The molecule has 8 nitrogen and oxygen atoms in total. The van der Waals surface area contributed by atoms with Crippen LogP contribution in [0.4, 0.5) is 0 Å².